The second-order valence-electron chi connectivity index (χ2n) is 10.3. The molecule has 44 heavy (non-hydrogen) atoms. The molecule has 3 atom stereocenters. The number of halogens is 2. The van der Waals surface area contributed by atoms with E-state index in [1.807, 2.05) is 42.5 Å². The molecule has 0 bridgehead atoms. The molecule has 0 saturated carbocycles. The molecule has 0 unspecified atom stereocenters. The summed E-state index contributed by atoms with van der Waals surface area (Å²) >= 11 is 14.6. The minimum atomic E-state index is -0.852. The van der Waals surface area contributed by atoms with E-state index in [0.717, 1.165) is 22.1 Å². The van der Waals surface area contributed by atoms with Crippen molar-refractivity contribution >= 4 is 86.2 Å². The number of hydrogen-bond acceptors (Lipinski definition) is 7. The monoisotopic (exact) mass is 661 g/mol. The molecule has 2 aliphatic rings. The number of fused-ring (bicyclic) bond motifs is 3. The Morgan fingerprint density at radius 2 is 1.64 bits per heavy atom. The van der Waals surface area contributed by atoms with Gasteiger partial charge in [-0.15, -0.1) is 0 Å². The highest BCUT2D eigenvalue weighted by molar-refractivity contribution is 8.00. The number of aromatic amines is 1. The quantitative estimate of drug-likeness (QED) is 0.196. The Morgan fingerprint density at radius 3 is 2.43 bits per heavy atom. The molecule has 3 heterocycles. The van der Waals surface area contributed by atoms with Crippen LogP contribution in [0.25, 0.3) is 10.8 Å². The Kier molecular flexibility index (Phi) is 7.45. The highest BCUT2D eigenvalue weighted by Gasteiger charge is 2.56. The predicted octanol–water partition coefficient (Wildman–Crippen LogP) is 6.71. The first kappa shape index (κ1) is 28.7. The molecule has 2 N–H and O–H groups in total. The number of thioether (sulfide) groups is 1. The van der Waals surface area contributed by atoms with Crippen molar-refractivity contribution in [3.63, 3.8) is 0 Å². The lowest BCUT2D eigenvalue weighted by atomic mass is 9.82. The van der Waals surface area contributed by atoms with Gasteiger partial charge in [-0.25, -0.2) is 4.90 Å². The molecular formula is C32H21Cl2N3O5S2. The van der Waals surface area contributed by atoms with E-state index < -0.39 is 28.9 Å². The van der Waals surface area contributed by atoms with Gasteiger partial charge < -0.3 is 15.0 Å². The van der Waals surface area contributed by atoms with E-state index in [1.165, 1.54) is 16.7 Å². The SMILES string of the molecule is O=C(COc1ccc(Cl)cc1[C@@H]1c2sc(=O)[nH]c2S[C@H]2C(=O)N(c3ccc(Cl)cc3)C(=O)[C@@H]12)Nc1ccc2ccccc2c1. The topological polar surface area (TPSA) is 109 Å². The van der Waals surface area contributed by atoms with E-state index in [0.29, 0.717) is 42.6 Å². The summed E-state index contributed by atoms with van der Waals surface area (Å²) in [5, 5.41) is 5.46. The summed E-state index contributed by atoms with van der Waals surface area (Å²) in [5.74, 6) is -2.46. The molecule has 1 saturated heterocycles. The van der Waals surface area contributed by atoms with Gasteiger partial charge in [0.05, 0.1) is 16.6 Å². The molecule has 1 aromatic heterocycles. The van der Waals surface area contributed by atoms with Crippen LogP contribution in [0.4, 0.5) is 11.4 Å². The van der Waals surface area contributed by atoms with Gasteiger partial charge in [-0.3, -0.25) is 19.2 Å². The van der Waals surface area contributed by atoms with E-state index in [4.69, 9.17) is 27.9 Å². The Hall–Kier alpha value is -4.09. The molecule has 1 fully saturated rings. The number of thiazole rings is 1. The third kappa shape index (κ3) is 5.17. The fraction of sp³-hybridized carbons (Fsp3) is 0.125. The number of imide groups is 1. The van der Waals surface area contributed by atoms with Gasteiger partial charge >= 0.3 is 4.87 Å². The normalized spacial score (nSPS) is 19.1. The van der Waals surface area contributed by atoms with Crippen LogP contribution in [0.3, 0.4) is 0 Å². The van der Waals surface area contributed by atoms with E-state index in [9.17, 15) is 19.2 Å². The summed E-state index contributed by atoms with van der Waals surface area (Å²) in [6.45, 7) is -0.322. The minimum absolute atomic E-state index is 0.304. The van der Waals surface area contributed by atoms with Crippen molar-refractivity contribution < 1.29 is 19.1 Å². The summed E-state index contributed by atoms with van der Waals surface area (Å²) in [7, 11) is 0. The van der Waals surface area contributed by atoms with Gasteiger partial charge in [-0.1, -0.05) is 76.6 Å². The number of H-pyrrole nitrogens is 1. The van der Waals surface area contributed by atoms with Crippen LogP contribution < -0.4 is 19.8 Å². The van der Waals surface area contributed by atoms with E-state index >= 15 is 0 Å². The number of amides is 3. The number of ether oxygens (including phenoxy) is 1. The third-order valence-electron chi connectivity index (χ3n) is 7.61. The Labute approximate surface area is 268 Å². The first-order valence-electron chi connectivity index (χ1n) is 13.5. The maximum atomic E-state index is 14.0. The van der Waals surface area contributed by atoms with Crippen LogP contribution in [0, 0.1) is 5.92 Å². The van der Waals surface area contributed by atoms with Crippen molar-refractivity contribution in [2.45, 2.75) is 16.2 Å². The molecule has 2 aliphatic heterocycles. The summed E-state index contributed by atoms with van der Waals surface area (Å²) in [4.78, 5) is 57.5. The first-order valence-corrected chi connectivity index (χ1v) is 16.0. The lowest BCUT2D eigenvalue weighted by Crippen LogP contribution is -2.32. The Bertz CT molecular complexity index is 2030. The molecule has 220 valence electrons. The van der Waals surface area contributed by atoms with Gasteiger partial charge in [0.1, 0.15) is 11.0 Å². The number of carbonyl (C=O) groups excluding carboxylic acids is 3. The van der Waals surface area contributed by atoms with Crippen LogP contribution in [0.15, 0.2) is 94.7 Å². The minimum Gasteiger partial charge on any atom is -0.483 e. The maximum absolute atomic E-state index is 14.0. The molecule has 3 amide bonds. The zero-order valence-corrected chi connectivity index (χ0v) is 25.7. The smallest absolute Gasteiger partial charge is 0.305 e. The van der Waals surface area contributed by atoms with Crippen molar-refractivity contribution in [2.75, 3.05) is 16.8 Å². The summed E-state index contributed by atoms with van der Waals surface area (Å²) in [6.07, 6.45) is 0. The first-order chi connectivity index (χ1) is 21.3. The van der Waals surface area contributed by atoms with Crippen LogP contribution in [-0.4, -0.2) is 34.6 Å². The number of aromatic nitrogens is 1. The molecule has 5 aromatic rings. The molecule has 0 aliphatic carbocycles. The lowest BCUT2D eigenvalue weighted by molar-refractivity contribution is -0.122. The molecule has 4 aromatic carbocycles. The van der Waals surface area contributed by atoms with E-state index in [2.05, 4.69) is 10.3 Å². The van der Waals surface area contributed by atoms with Crippen molar-refractivity contribution in [2.24, 2.45) is 5.92 Å². The van der Waals surface area contributed by atoms with E-state index in [1.54, 1.807) is 42.5 Å². The number of hydrogen-bond donors (Lipinski definition) is 2. The number of rotatable bonds is 6. The van der Waals surface area contributed by atoms with Crippen LogP contribution in [0.5, 0.6) is 5.75 Å². The molecule has 7 rings (SSSR count). The number of benzene rings is 4. The standard InChI is InChI=1S/C32H21Cl2N3O5S2/c33-18-6-10-21(11-7-18)37-30(39)26-25(27-29(36-32(41)44-27)43-28(26)31(37)40)22-14-19(34)8-12-23(22)42-15-24(38)35-20-9-5-16-3-1-2-4-17(16)13-20/h1-14,25-26,28H,15H2,(H,35,38)(H,36,41)/t25-,26-,28+/m0/s1. The number of nitrogens with zero attached hydrogens (tertiary/aromatic N) is 1. The Balaban J connectivity index is 1.21. The molecule has 8 nitrogen and oxygen atoms in total. The van der Waals surface area contributed by atoms with Crippen molar-refractivity contribution in [1.82, 2.24) is 4.98 Å². The van der Waals surface area contributed by atoms with Crippen LogP contribution in [0.1, 0.15) is 16.4 Å². The largest absolute Gasteiger partial charge is 0.483 e. The summed E-state index contributed by atoms with van der Waals surface area (Å²) in [5.41, 5.74) is 1.53. The highest BCUT2D eigenvalue weighted by Crippen LogP contribution is 2.54. The lowest BCUT2D eigenvalue weighted by Gasteiger charge is -2.31. The Morgan fingerprint density at radius 1 is 0.886 bits per heavy atom. The number of carbonyl (C=O) groups is 3. The zero-order valence-electron chi connectivity index (χ0n) is 22.6. The average molecular weight is 663 g/mol. The van der Waals surface area contributed by atoms with Gasteiger partial charge in [0.25, 0.3) is 5.91 Å². The second-order valence-corrected chi connectivity index (χ2v) is 13.4. The predicted molar refractivity (Wildman–Crippen MR) is 173 cm³/mol. The van der Waals surface area contributed by atoms with Gasteiger partial charge in [-0.2, -0.15) is 0 Å². The van der Waals surface area contributed by atoms with Crippen LogP contribution >= 0.6 is 46.3 Å². The number of anilines is 2. The van der Waals surface area contributed by atoms with Crippen LogP contribution in [-0.2, 0) is 14.4 Å². The van der Waals surface area contributed by atoms with Crippen molar-refractivity contribution in [3.05, 3.63) is 115 Å². The summed E-state index contributed by atoms with van der Waals surface area (Å²) < 4.78 is 6.04. The zero-order chi connectivity index (χ0) is 30.5. The highest BCUT2D eigenvalue weighted by atomic mass is 35.5. The molecular weight excluding hydrogens is 641 g/mol. The fourth-order valence-electron chi connectivity index (χ4n) is 5.70. The van der Waals surface area contributed by atoms with Crippen molar-refractivity contribution in [3.8, 4) is 5.75 Å². The molecule has 12 heteroatoms. The van der Waals surface area contributed by atoms with Crippen molar-refractivity contribution in [1.29, 1.82) is 0 Å². The molecule has 0 radical (unpaired) electrons. The average Bonchev–Trinajstić information content (AvgIpc) is 3.51. The van der Waals surface area contributed by atoms with Gasteiger partial charge in [0.15, 0.2) is 6.61 Å². The third-order valence-corrected chi connectivity index (χ3v) is 10.5. The number of nitrogens with one attached hydrogen (secondary N) is 2. The van der Waals surface area contributed by atoms with Crippen LogP contribution in [0.2, 0.25) is 10.0 Å². The molecule has 0 spiro atoms. The summed E-state index contributed by atoms with van der Waals surface area (Å²) in [6, 6.07) is 24.8. The van der Waals surface area contributed by atoms with Gasteiger partial charge in [0, 0.05) is 32.1 Å². The van der Waals surface area contributed by atoms with Gasteiger partial charge in [-0.05, 0) is 65.4 Å². The van der Waals surface area contributed by atoms with E-state index in [-0.39, 0.29) is 17.4 Å². The maximum Gasteiger partial charge on any atom is 0.305 e. The van der Waals surface area contributed by atoms with Gasteiger partial charge in [0.2, 0.25) is 11.8 Å². The fourth-order valence-corrected chi connectivity index (χ4v) is 8.51. The second kappa shape index (κ2) is 11.4.